The summed E-state index contributed by atoms with van der Waals surface area (Å²) < 4.78 is 15.6. The van der Waals surface area contributed by atoms with E-state index >= 15 is 4.39 Å². The minimum absolute atomic E-state index is 0.269. The van der Waals surface area contributed by atoms with Gasteiger partial charge in [-0.3, -0.25) is 0 Å². The third kappa shape index (κ3) is 3.29. The van der Waals surface area contributed by atoms with Crippen LogP contribution in [-0.4, -0.2) is 31.0 Å². The summed E-state index contributed by atoms with van der Waals surface area (Å²) in [5.41, 5.74) is 3.25. The Bertz CT molecular complexity index is 1240. The summed E-state index contributed by atoms with van der Waals surface area (Å²) in [5, 5.41) is 5.41. The van der Waals surface area contributed by atoms with Crippen LogP contribution in [0.3, 0.4) is 0 Å². The highest BCUT2D eigenvalue weighted by molar-refractivity contribution is 7.13. The van der Waals surface area contributed by atoms with Crippen LogP contribution in [0.1, 0.15) is 37.8 Å². The first-order chi connectivity index (χ1) is 15.2. The Morgan fingerprint density at radius 2 is 2.03 bits per heavy atom. The molecule has 0 aliphatic heterocycles. The second-order valence-corrected chi connectivity index (χ2v) is 9.66. The van der Waals surface area contributed by atoms with Crippen LogP contribution in [0, 0.1) is 24.6 Å². The molecule has 158 valence electrons. The van der Waals surface area contributed by atoms with Crippen molar-refractivity contribution in [3.8, 4) is 22.0 Å². The topological polar surface area (TPSA) is 79.4 Å². The summed E-state index contributed by atoms with van der Waals surface area (Å²) >= 11 is 1.48. The number of nitrogens with one attached hydrogen (secondary N) is 2. The number of aromatic amines is 1. The van der Waals surface area contributed by atoms with Crippen molar-refractivity contribution >= 4 is 28.3 Å². The van der Waals surface area contributed by atoms with Gasteiger partial charge >= 0.3 is 0 Å². The minimum atomic E-state index is -0.380. The van der Waals surface area contributed by atoms with Gasteiger partial charge in [0.2, 0.25) is 0 Å². The SMILES string of the molecule is Cc1cnc2[nH]cc(-c3nc(NC4CC5CCC4CC5)c(F)c(-c4cccs4)n3)c2n1. The van der Waals surface area contributed by atoms with Crippen molar-refractivity contribution in [3.05, 3.63) is 41.4 Å². The van der Waals surface area contributed by atoms with E-state index in [9.17, 15) is 0 Å². The molecule has 2 N–H and O–H groups in total. The molecule has 1 atom stereocenters. The molecule has 2 bridgehead atoms. The smallest absolute Gasteiger partial charge is 0.192 e. The molecule has 0 saturated heterocycles. The average molecular weight is 435 g/mol. The standard InChI is InChI=1S/C23H23FN6S/c1-12-10-25-23-19(27-12)15(11-26-23)21-29-20(17-3-2-8-31-17)18(24)22(30-21)28-16-9-13-4-6-14(16)7-5-13/h2-3,8,10-11,13-14,16H,4-7,9H2,1H3,(H,25,26)(H,28,29,30). The predicted octanol–water partition coefficient (Wildman–Crippen LogP) is 5.58. The van der Waals surface area contributed by atoms with Gasteiger partial charge in [0.15, 0.2) is 23.1 Å². The highest BCUT2D eigenvalue weighted by atomic mass is 32.1. The van der Waals surface area contributed by atoms with Gasteiger partial charge in [0.05, 0.1) is 22.3 Å². The number of rotatable bonds is 4. The molecule has 4 aromatic rings. The lowest BCUT2D eigenvalue weighted by Gasteiger charge is -2.42. The molecule has 3 aliphatic carbocycles. The lowest BCUT2D eigenvalue weighted by molar-refractivity contribution is 0.157. The molecule has 8 heteroatoms. The first-order valence-corrected chi connectivity index (χ1v) is 11.7. The maximum absolute atomic E-state index is 15.6. The highest BCUT2D eigenvalue weighted by Gasteiger charge is 2.36. The zero-order valence-corrected chi connectivity index (χ0v) is 18.0. The third-order valence-electron chi connectivity index (χ3n) is 6.72. The Balaban J connectivity index is 1.47. The van der Waals surface area contributed by atoms with Gasteiger partial charge < -0.3 is 10.3 Å². The van der Waals surface area contributed by atoms with Crippen LogP contribution in [0.2, 0.25) is 0 Å². The molecule has 0 spiro atoms. The van der Waals surface area contributed by atoms with Crippen LogP contribution in [0.25, 0.3) is 33.1 Å². The van der Waals surface area contributed by atoms with E-state index in [1.807, 2.05) is 30.6 Å². The van der Waals surface area contributed by atoms with Crippen LogP contribution >= 0.6 is 11.3 Å². The van der Waals surface area contributed by atoms with E-state index in [2.05, 4.69) is 30.2 Å². The maximum Gasteiger partial charge on any atom is 0.192 e. The minimum Gasteiger partial charge on any atom is -0.364 e. The summed E-state index contributed by atoms with van der Waals surface area (Å²) in [6, 6.07) is 4.08. The van der Waals surface area contributed by atoms with Gasteiger partial charge in [0, 0.05) is 12.2 Å². The number of anilines is 1. The number of hydrogen-bond acceptors (Lipinski definition) is 6. The van der Waals surface area contributed by atoms with Crippen molar-refractivity contribution in [1.82, 2.24) is 24.9 Å². The van der Waals surface area contributed by atoms with Gasteiger partial charge in [-0.1, -0.05) is 18.9 Å². The third-order valence-corrected chi connectivity index (χ3v) is 7.59. The molecule has 3 fully saturated rings. The molecule has 0 amide bonds. The van der Waals surface area contributed by atoms with Crippen LogP contribution < -0.4 is 5.32 Å². The van der Waals surface area contributed by atoms with E-state index in [4.69, 9.17) is 0 Å². The van der Waals surface area contributed by atoms with Gasteiger partial charge in [0.1, 0.15) is 11.2 Å². The van der Waals surface area contributed by atoms with Crippen LogP contribution in [0.15, 0.2) is 29.9 Å². The van der Waals surface area contributed by atoms with Gasteiger partial charge in [-0.05, 0) is 49.5 Å². The molecule has 3 aliphatic rings. The zero-order chi connectivity index (χ0) is 20.9. The number of fused-ring (bicyclic) bond motifs is 4. The van der Waals surface area contributed by atoms with Gasteiger partial charge in [-0.2, -0.15) is 0 Å². The Labute approximate surface area is 183 Å². The van der Waals surface area contributed by atoms with Gasteiger partial charge in [-0.25, -0.2) is 24.3 Å². The van der Waals surface area contributed by atoms with E-state index in [1.54, 1.807) is 6.20 Å². The van der Waals surface area contributed by atoms with Crippen molar-refractivity contribution in [2.75, 3.05) is 5.32 Å². The number of nitrogens with zero attached hydrogens (tertiary/aromatic N) is 4. The van der Waals surface area contributed by atoms with E-state index in [0.29, 0.717) is 34.4 Å². The first kappa shape index (κ1) is 18.9. The highest BCUT2D eigenvalue weighted by Crippen LogP contribution is 2.43. The van der Waals surface area contributed by atoms with Crippen molar-refractivity contribution in [2.24, 2.45) is 11.8 Å². The van der Waals surface area contributed by atoms with Crippen molar-refractivity contribution in [1.29, 1.82) is 0 Å². The normalized spacial score (nSPS) is 22.8. The van der Waals surface area contributed by atoms with E-state index in [1.165, 1.54) is 37.0 Å². The van der Waals surface area contributed by atoms with Gasteiger partial charge in [0.25, 0.3) is 0 Å². The van der Waals surface area contributed by atoms with Gasteiger partial charge in [-0.15, -0.1) is 11.3 Å². The fourth-order valence-electron chi connectivity index (χ4n) is 5.12. The fraction of sp³-hybridized carbons (Fsp3) is 0.391. The fourth-order valence-corrected chi connectivity index (χ4v) is 5.83. The molecule has 3 saturated carbocycles. The summed E-state index contributed by atoms with van der Waals surface area (Å²) in [4.78, 5) is 22.2. The predicted molar refractivity (Wildman–Crippen MR) is 120 cm³/mol. The summed E-state index contributed by atoms with van der Waals surface area (Å²) in [6.45, 7) is 1.90. The van der Waals surface area contributed by atoms with Crippen molar-refractivity contribution in [2.45, 2.75) is 45.1 Å². The molecule has 7 rings (SSSR count). The van der Waals surface area contributed by atoms with Crippen LogP contribution in [0.5, 0.6) is 0 Å². The lowest BCUT2D eigenvalue weighted by Crippen LogP contribution is -2.40. The number of H-pyrrole nitrogens is 1. The van der Waals surface area contributed by atoms with Crippen LogP contribution in [-0.2, 0) is 0 Å². The largest absolute Gasteiger partial charge is 0.364 e. The van der Waals surface area contributed by atoms with Crippen molar-refractivity contribution < 1.29 is 4.39 Å². The molecule has 4 aromatic heterocycles. The van der Waals surface area contributed by atoms with E-state index in [-0.39, 0.29) is 11.9 Å². The van der Waals surface area contributed by atoms with Crippen molar-refractivity contribution in [3.63, 3.8) is 0 Å². The van der Waals surface area contributed by atoms with E-state index < -0.39 is 0 Å². The molecule has 0 radical (unpaired) electrons. The molecular formula is C23H23FN6S. The summed E-state index contributed by atoms with van der Waals surface area (Å²) in [6.07, 6.45) is 9.66. The van der Waals surface area contributed by atoms with Crippen LogP contribution in [0.4, 0.5) is 10.2 Å². The molecule has 0 aromatic carbocycles. The van der Waals surface area contributed by atoms with E-state index in [0.717, 1.165) is 28.5 Å². The summed E-state index contributed by atoms with van der Waals surface area (Å²) in [5.74, 6) is 1.71. The second-order valence-electron chi connectivity index (χ2n) is 8.71. The quantitative estimate of drug-likeness (QED) is 0.438. The molecule has 6 nitrogen and oxygen atoms in total. The monoisotopic (exact) mass is 434 g/mol. The average Bonchev–Trinajstić information content (AvgIpc) is 3.46. The first-order valence-electron chi connectivity index (χ1n) is 10.8. The zero-order valence-electron chi connectivity index (χ0n) is 17.2. The number of aryl methyl sites for hydroxylation is 1. The Morgan fingerprint density at radius 3 is 2.77 bits per heavy atom. The summed E-state index contributed by atoms with van der Waals surface area (Å²) in [7, 11) is 0. The Morgan fingerprint density at radius 1 is 1.16 bits per heavy atom. The number of hydrogen-bond donors (Lipinski definition) is 2. The molecule has 31 heavy (non-hydrogen) atoms. The molecule has 1 unspecified atom stereocenters. The lowest BCUT2D eigenvalue weighted by atomic mass is 9.68. The second kappa shape index (κ2) is 7.37. The molecule has 4 heterocycles. The number of halogens is 1. The Kier molecular flexibility index (Phi) is 4.49. The number of aromatic nitrogens is 5. The number of thiophene rings is 1. The maximum atomic E-state index is 15.6. The Hall–Kier alpha value is -2.87. The molecular weight excluding hydrogens is 411 g/mol.